The van der Waals surface area contributed by atoms with E-state index in [4.69, 9.17) is 13.0 Å². The number of halogens is 1. The number of aromatic amines is 1. The Morgan fingerprint density at radius 3 is 3.40 bits per heavy atom. The maximum absolute atomic E-state index is 7.12. The summed E-state index contributed by atoms with van der Waals surface area (Å²) < 4.78 is 7.12. The summed E-state index contributed by atoms with van der Waals surface area (Å²) in [5.41, 5.74) is 1.05. The van der Waals surface area contributed by atoms with E-state index >= 15 is 0 Å². The van der Waals surface area contributed by atoms with Gasteiger partial charge in [0.2, 0.25) is 5.28 Å². The van der Waals surface area contributed by atoms with Gasteiger partial charge in [0.05, 0.1) is 12.5 Å². The van der Waals surface area contributed by atoms with Crippen LogP contribution >= 0.6 is 11.6 Å². The zero-order chi connectivity index (χ0) is 7.84. The second kappa shape index (κ2) is 1.91. The first-order valence-corrected chi connectivity index (χ1v) is 2.98. The molecule has 4 nitrogen and oxygen atoms in total. The van der Waals surface area contributed by atoms with Crippen molar-refractivity contribution in [2.24, 2.45) is 0 Å². The highest BCUT2D eigenvalue weighted by Gasteiger charge is 1.96. The van der Waals surface area contributed by atoms with E-state index in [9.17, 15) is 0 Å². The Bertz CT molecular complexity index is 398. The maximum atomic E-state index is 7.12. The molecule has 0 aliphatic carbocycles. The zero-order valence-corrected chi connectivity index (χ0v) is 5.55. The van der Waals surface area contributed by atoms with Gasteiger partial charge in [0.15, 0.2) is 5.65 Å². The van der Waals surface area contributed by atoms with Crippen LogP contribution in [0.4, 0.5) is 0 Å². The Labute approximate surface area is 62.7 Å². The lowest BCUT2D eigenvalue weighted by molar-refractivity contribution is 1.20. The van der Waals surface area contributed by atoms with Gasteiger partial charge in [-0.2, -0.15) is 4.98 Å². The van der Waals surface area contributed by atoms with Crippen molar-refractivity contribution < 1.29 is 1.37 Å². The molecule has 1 N–H and O–H groups in total. The average molecular weight is 156 g/mol. The third-order valence-electron chi connectivity index (χ3n) is 1.09. The van der Waals surface area contributed by atoms with Crippen LogP contribution in [0.2, 0.25) is 5.28 Å². The van der Waals surface area contributed by atoms with Gasteiger partial charge in [-0.25, -0.2) is 9.97 Å². The van der Waals surface area contributed by atoms with Gasteiger partial charge in [-0.05, 0) is 11.6 Å². The first-order valence-electron chi connectivity index (χ1n) is 3.10. The summed E-state index contributed by atoms with van der Waals surface area (Å²) in [5.74, 6) is 0. The zero-order valence-electron chi connectivity index (χ0n) is 5.80. The fourth-order valence-corrected chi connectivity index (χ4v) is 0.795. The largest absolute Gasteiger partial charge is 0.342 e. The lowest BCUT2D eigenvalue weighted by Gasteiger charge is -1.85. The third kappa shape index (κ3) is 0.733. The second-order valence-electron chi connectivity index (χ2n) is 1.72. The van der Waals surface area contributed by atoms with Crippen molar-refractivity contribution in [1.29, 1.82) is 0 Å². The first-order chi connectivity index (χ1) is 5.25. The van der Waals surface area contributed by atoms with Gasteiger partial charge in [-0.3, -0.25) is 0 Å². The van der Waals surface area contributed by atoms with Crippen LogP contribution in [0, 0.1) is 0 Å². The molecule has 10 heavy (non-hydrogen) atoms. The van der Waals surface area contributed by atoms with Crippen LogP contribution < -0.4 is 0 Å². The van der Waals surface area contributed by atoms with Crippen molar-refractivity contribution in [2.45, 2.75) is 0 Å². The molecule has 0 amide bonds. The third-order valence-corrected chi connectivity index (χ3v) is 1.27. The number of fused-ring (bicyclic) bond motifs is 1. The summed E-state index contributed by atoms with van der Waals surface area (Å²) in [7, 11) is 0. The standard InChI is InChI=1S/C5H3ClN4/c6-5-7-1-3-4(10-5)9-2-8-3/h1-2H,(H,7,8,9,10)/i2D. The minimum Gasteiger partial charge on any atom is -0.342 e. The SMILES string of the molecule is [2H]c1nc2nc(Cl)ncc2[nH]1. The molecule has 50 valence electrons. The van der Waals surface area contributed by atoms with Crippen molar-refractivity contribution in [3.8, 4) is 0 Å². The number of nitrogens with one attached hydrogen (secondary N) is 1. The number of rotatable bonds is 0. The van der Waals surface area contributed by atoms with Gasteiger partial charge in [0.25, 0.3) is 0 Å². The maximum Gasteiger partial charge on any atom is 0.224 e. The molecule has 0 saturated carbocycles. The average Bonchev–Trinajstić information content (AvgIpc) is 2.27. The number of aromatic nitrogens is 4. The van der Waals surface area contributed by atoms with E-state index in [1.54, 1.807) is 0 Å². The quantitative estimate of drug-likeness (QED) is 0.578. The van der Waals surface area contributed by atoms with Crippen LogP contribution in [-0.2, 0) is 0 Å². The highest BCUT2D eigenvalue weighted by atomic mass is 35.5. The summed E-state index contributed by atoms with van der Waals surface area (Å²) >= 11 is 5.49. The predicted octanol–water partition coefficient (Wildman–Crippen LogP) is 1.01. The van der Waals surface area contributed by atoms with Gasteiger partial charge in [0, 0.05) is 0 Å². The van der Waals surface area contributed by atoms with Crippen LogP contribution in [0.1, 0.15) is 1.37 Å². The Hall–Kier alpha value is -1.16. The van der Waals surface area contributed by atoms with E-state index < -0.39 is 0 Å². The van der Waals surface area contributed by atoms with Crippen LogP contribution in [0.15, 0.2) is 12.5 Å². The molecule has 2 rings (SSSR count). The molecule has 0 unspecified atom stereocenters. The Kier molecular flexibility index (Phi) is 0.885. The molecule has 0 aliphatic heterocycles. The first kappa shape index (κ1) is 4.62. The van der Waals surface area contributed by atoms with Gasteiger partial charge in [-0.15, -0.1) is 0 Å². The smallest absolute Gasteiger partial charge is 0.224 e. The molecule has 0 atom stereocenters. The van der Waals surface area contributed by atoms with Crippen LogP contribution in [0.3, 0.4) is 0 Å². The minimum atomic E-state index is 0.0663. The van der Waals surface area contributed by atoms with Gasteiger partial charge < -0.3 is 4.98 Å². The fraction of sp³-hybridized carbons (Fsp3) is 0. The number of H-pyrrole nitrogens is 1. The van der Waals surface area contributed by atoms with E-state index in [1.165, 1.54) is 6.20 Å². The van der Waals surface area contributed by atoms with E-state index in [0.717, 1.165) is 0 Å². The van der Waals surface area contributed by atoms with E-state index in [0.29, 0.717) is 11.2 Å². The Morgan fingerprint density at radius 2 is 2.50 bits per heavy atom. The summed E-state index contributed by atoms with van der Waals surface area (Å²) in [4.78, 5) is 13.9. The normalized spacial score (nSPS) is 11.9. The number of nitrogens with zero attached hydrogens (tertiary/aromatic N) is 3. The molecule has 2 heterocycles. The summed E-state index contributed by atoms with van der Waals surface area (Å²) in [6, 6.07) is 0. The molecular formula is C5H3ClN4. The number of hydrogen-bond acceptors (Lipinski definition) is 3. The van der Waals surface area contributed by atoms with Gasteiger partial charge >= 0.3 is 0 Å². The Morgan fingerprint density at radius 1 is 1.60 bits per heavy atom. The van der Waals surface area contributed by atoms with E-state index in [1.807, 2.05) is 0 Å². The molecule has 0 saturated heterocycles. The topological polar surface area (TPSA) is 54.5 Å². The van der Waals surface area contributed by atoms with Gasteiger partial charge in [0.1, 0.15) is 6.89 Å². The van der Waals surface area contributed by atoms with Crippen molar-refractivity contribution in [2.75, 3.05) is 0 Å². The molecule has 0 spiro atoms. The molecule has 2 aromatic heterocycles. The molecule has 0 radical (unpaired) electrons. The monoisotopic (exact) mass is 155 g/mol. The summed E-state index contributed by atoms with van der Waals surface area (Å²) in [5, 5.41) is 0.143. The minimum absolute atomic E-state index is 0.0663. The molecule has 0 aromatic carbocycles. The Balaban J connectivity index is 2.82. The van der Waals surface area contributed by atoms with Crippen molar-refractivity contribution in [1.82, 2.24) is 19.9 Å². The van der Waals surface area contributed by atoms with Crippen LogP contribution in [0.25, 0.3) is 11.2 Å². The highest BCUT2D eigenvalue weighted by Crippen LogP contribution is 2.06. The summed E-state index contributed by atoms with van der Waals surface area (Å²) in [6.45, 7) is 0. The molecule has 0 fully saturated rings. The lowest BCUT2D eigenvalue weighted by atomic mass is 10.6. The molecule has 2 aromatic rings. The molecule has 0 bridgehead atoms. The lowest BCUT2D eigenvalue weighted by Crippen LogP contribution is -1.81. The molecule has 0 aliphatic rings. The fourth-order valence-electron chi connectivity index (χ4n) is 0.667. The molecular weight excluding hydrogens is 152 g/mol. The molecule has 5 heteroatoms. The van der Waals surface area contributed by atoms with E-state index in [-0.39, 0.29) is 11.6 Å². The van der Waals surface area contributed by atoms with Crippen molar-refractivity contribution >= 4 is 22.8 Å². The van der Waals surface area contributed by atoms with E-state index in [2.05, 4.69) is 19.9 Å². The second-order valence-corrected chi connectivity index (χ2v) is 2.06. The predicted molar refractivity (Wildman–Crippen MR) is 36.7 cm³/mol. The van der Waals surface area contributed by atoms with Gasteiger partial charge in [-0.1, -0.05) is 0 Å². The van der Waals surface area contributed by atoms with Crippen molar-refractivity contribution in [3.63, 3.8) is 0 Å². The van der Waals surface area contributed by atoms with Crippen LogP contribution in [0.5, 0.6) is 0 Å². The van der Waals surface area contributed by atoms with Crippen LogP contribution in [-0.4, -0.2) is 19.9 Å². The van der Waals surface area contributed by atoms with Crippen molar-refractivity contribution in [3.05, 3.63) is 17.8 Å². The number of hydrogen-bond donors (Lipinski definition) is 1. The highest BCUT2D eigenvalue weighted by molar-refractivity contribution is 6.28. The summed E-state index contributed by atoms with van der Waals surface area (Å²) in [6.07, 6.45) is 1.56. The number of imidazole rings is 1.